The van der Waals surface area contributed by atoms with Gasteiger partial charge in [-0.3, -0.25) is 0 Å². The third-order valence-corrected chi connectivity index (χ3v) is 1.59. The lowest BCUT2D eigenvalue weighted by Gasteiger charge is -2.25. The Morgan fingerprint density at radius 1 is 0.929 bits per heavy atom. The summed E-state index contributed by atoms with van der Waals surface area (Å²) >= 11 is 0. The summed E-state index contributed by atoms with van der Waals surface area (Å²) in [5.41, 5.74) is 0. The molecule has 0 heterocycles. The highest BCUT2D eigenvalue weighted by Crippen LogP contribution is 2.07. The number of rotatable bonds is 6. The van der Waals surface area contributed by atoms with Crippen LogP contribution in [0.4, 0.5) is 0 Å². The third-order valence-electron chi connectivity index (χ3n) is 1.59. The number of aliphatic hydroxyl groups is 5. The van der Waals surface area contributed by atoms with Gasteiger partial charge in [0.05, 0.1) is 0 Å². The van der Waals surface area contributed by atoms with Gasteiger partial charge < -0.3 is 30.3 Å². The molecule has 0 aliphatic heterocycles. The number of aliphatic hydroxyl groups excluding tert-OH is 5. The van der Waals surface area contributed by atoms with E-state index < -0.39 is 30.7 Å². The van der Waals surface area contributed by atoms with E-state index in [2.05, 4.69) is 4.89 Å². The molecule has 0 aliphatic carbocycles. The van der Waals surface area contributed by atoms with Gasteiger partial charge in [-0.25, -0.2) is 10.1 Å². The molecular weight excluding hydrogens is 200 g/mol. The minimum absolute atomic E-state index is 0.0627. The molecule has 14 heavy (non-hydrogen) atoms. The molecule has 6 N–H and O–H groups in total. The predicted molar refractivity (Wildman–Crippen MR) is 39.8 cm³/mol. The lowest BCUT2D eigenvalue weighted by molar-refractivity contribution is -0.363. The molecule has 8 nitrogen and oxygen atoms in total. The fourth-order valence-electron chi connectivity index (χ4n) is 0.716. The normalized spacial score (nSPS) is 22.1. The van der Waals surface area contributed by atoms with Crippen LogP contribution in [0.1, 0.15) is 0 Å². The maximum absolute atomic E-state index is 9.97. The number of hydrogen-bond donors (Lipinski definition) is 6. The van der Waals surface area contributed by atoms with E-state index in [-0.39, 0.29) is 6.29 Å². The van der Waals surface area contributed by atoms with Crippen LogP contribution in [0.2, 0.25) is 0 Å². The summed E-state index contributed by atoms with van der Waals surface area (Å²) in [5, 5.41) is 52.2. The Bertz CT molecular complexity index is 173. The fraction of sp³-hybridized carbons (Fsp3) is 0.833. The summed E-state index contributed by atoms with van der Waals surface area (Å²) in [5.74, 6) is 0. The first kappa shape index (κ1) is 13.4. The minimum Gasteiger partial charge on any atom is -0.387 e. The smallest absolute Gasteiger partial charge is 0.217 e. The van der Waals surface area contributed by atoms with Gasteiger partial charge in [-0.05, 0) is 0 Å². The second-order valence-electron chi connectivity index (χ2n) is 2.59. The number of carbonyl (C=O) groups is 1. The van der Waals surface area contributed by atoms with Gasteiger partial charge in [0.1, 0.15) is 24.4 Å². The van der Waals surface area contributed by atoms with Crippen LogP contribution in [0.5, 0.6) is 0 Å². The number of carbonyl (C=O) groups excluding carboxylic acids is 1. The van der Waals surface area contributed by atoms with E-state index in [1.165, 1.54) is 0 Å². The fourth-order valence-corrected chi connectivity index (χ4v) is 0.716. The largest absolute Gasteiger partial charge is 0.387 e. The molecule has 0 aromatic rings. The van der Waals surface area contributed by atoms with Gasteiger partial charge in [-0.2, -0.15) is 0 Å². The first-order valence-electron chi connectivity index (χ1n) is 3.61. The lowest BCUT2D eigenvalue weighted by Crippen LogP contribution is -2.49. The van der Waals surface area contributed by atoms with Crippen LogP contribution in [0.15, 0.2) is 0 Å². The highest BCUT2D eigenvalue weighted by Gasteiger charge is 2.34. The summed E-state index contributed by atoms with van der Waals surface area (Å²) in [4.78, 5) is 13.2. The van der Waals surface area contributed by atoms with Gasteiger partial charge in [0.25, 0.3) is 0 Å². The summed E-state index contributed by atoms with van der Waals surface area (Å²) in [6, 6.07) is 0. The summed E-state index contributed by atoms with van der Waals surface area (Å²) in [7, 11) is 0. The zero-order valence-electron chi connectivity index (χ0n) is 6.96. The number of hydrogen-bond acceptors (Lipinski definition) is 8. The van der Waals surface area contributed by atoms with E-state index in [0.717, 1.165) is 0 Å². The van der Waals surface area contributed by atoms with E-state index in [1.54, 1.807) is 0 Å². The van der Waals surface area contributed by atoms with Gasteiger partial charge in [0, 0.05) is 0 Å². The Hall–Kier alpha value is -0.610. The topological polar surface area (TPSA) is 148 Å². The van der Waals surface area contributed by atoms with Crippen LogP contribution in [0.25, 0.3) is 0 Å². The molecule has 0 aromatic carbocycles. The van der Waals surface area contributed by atoms with Crippen LogP contribution in [0.3, 0.4) is 0 Å². The van der Waals surface area contributed by atoms with E-state index in [4.69, 9.17) is 30.8 Å². The molecule has 0 aromatic heterocycles. The van der Waals surface area contributed by atoms with Crippen molar-refractivity contribution in [3.63, 3.8) is 0 Å². The predicted octanol–water partition coefficient (Wildman–Crippen LogP) is -3.56. The van der Waals surface area contributed by atoms with Gasteiger partial charge in [0.2, 0.25) is 6.29 Å². The average Bonchev–Trinajstić information content (AvgIpc) is 2.23. The zero-order chi connectivity index (χ0) is 11.3. The highest BCUT2D eigenvalue weighted by molar-refractivity contribution is 5.56. The summed E-state index contributed by atoms with van der Waals surface area (Å²) < 4.78 is 0. The monoisotopic (exact) mass is 212 g/mol. The van der Waals surface area contributed by atoms with Crippen molar-refractivity contribution < 1.29 is 40.5 Å². The van der Waals surface area contributed by atoms with Crippen molar-refractivity contribution in [3.05, 3.63) is 0 Å². The Kier molecular flexibility index (Phi) is 5.72. The minimum atomic E-state index is -2.15. The Labute approximate surface area is 78.5 Å². The average molecular weight is 212 g/mol. The van der Waals surface area contributed by atoms with Crippen LogP contribution in [-0.2, 0) is 9.68 Å². The molecule has 0 rings (SSSR count). The van der Waals surface area contributed by atoms with E-state index in [9.17, 15) is 4.79 Å². The van der Waals surface area contributed by atoms with Gasteiger partial charge in [0.15, 0.2) is 6.29 Å². The molecule has 5 atom stereocenters. The Morgan fingerprint density at radius 2 is 1.43 bits per heavy atom. The maximum Gasteiger partial charge on any atom is 0.217 e. The van der Waals surface area contributed by atoms with Crippen molar-refractivity contribution in [1.29, 1.82) is 0 Å². The van der Waals surface area contributed by atoms with Gasteiger partial charge >= 0.3 is 0 Å². The molecule has 1 unspecified atom stereocenters. The third kappa shape index (κ3) is 3.27. The molecule has 0 spiro atoms. The van der Waals surface area contributed by atoms with E-state index in [0.29, 0.717) is 0 Å². The molecule has 0 saturated carbocycles. The Balaban J connectivity index is 4.29. The van der Waals surface area contributed by atoms with Gasteiger partial charge in [-0.15, -0.1) is 0 Å². The molecule has 0 fully saturated rings. The number of aldehydes is 1. The molecule has 0 aliphatic rings. The van der Waals surface area contributed by atoms with Crippen LogP contribution in [-0.4, -0.2) is 67.8 Å². The Morgan fingerprint density at radius 3 is 1.79 bits per heavy atom. The van der Waals surface area contributed by atoms with Crippen molar-refractivity contribution >= 4 is 6.29 Å². The molecule has 84 valence electrons. The van der Waals surface area contributed by atoms with Crippen LogP contribution < -0.4 is 0 Å². The van der Waals surface area contributed by atoms with Crippen molar-refractivity contribution in [1.82, 2.24) is 0 Å². The quantitative estimate of drug-likeness (QED) is 0.115. The molecular formula is C6H12O8. The SMILES string of the molecule is O=C[C@@H](O)[C@@H](O)[C@H](O)[C@H](O)C(O)OO. The van der Waals surface area contributed by atoms with Crippen molar-refractivity contribution in [2.45, 2.75) is 30.7 Å². The first-order valence-corrected chi connectivity index (χ1v) is 3.61. The first-order chi connectivity index (χ1) is 6.45. The molecule has 0 amide bonds. The van der Waals surface area contributed by atoms with Crippen LogP contribution >= 0.6 is 0 Å². The van der Waals surface area contributed by atoms with Crippen molar-refractivity contribution in [3.8, 4) is 0 Å². The van der Waals surface area contributed by atoms with Gasteiger partial charge in [-0.1, -0.05) is 0 Å². The maximum atomic E-state index is 9.97. The van der Waals surface area contributed by atoms with Crippen LogP contribution in [0, 0.1) is 0 Å². The van der Waals surface area contributed by atoms with E-state index in [1.807, 2.05) is 0 Å². The van der Waals surface area contributed by atoms with E-state index >= 15 is 0 Å². The standard InChI is InChI=1S/C6H12O8/c7-1-2(8)3(9)4(10)5(11)6(12)14-13/h1-6,8-13H/t2-,3-,4+,5+,6?/m1/s1. The lowest BCUT2D eigenvalue weighted by atomic mass is 10.0. The molecule has 0 bridgehead atoms. The van der Waals surface area contributed by atoms with Crippen molar-refractivity contribution in [2.24, 2.45) is 0 Å². The summed E-state index contributed by atoms with van der Waals surface area (Å²) in [6.45, 7) is 0. The van der Waals surface area contributed by atoms with Crippen molar-refractivity contribution in [2.75, 3.05) is 0 Å². The molecule has 8 heteroatoms. The zero-order valence-corrected chi connectivity index (χ0v) is 6.96. The molecule has 0 saturated heterocycles. The summed E-state index contributed by atoms with van der Waals surface area (Å²) in [6.07, 6.45) is -10.2. The molecule has 0 radical (unpaired) electrons. The highest BCUT2D eigenvalue weighted by atomic mass is 17.1. The second kappa shape index (κ2) is 5.98. The second-order valence-corrected chi connectivity index (χ2v) is 2.59.